The highest BCUT2D eigenvalue weighted by atomic mass is 16.5. The molecule has 0 amide bonds. The zero-order valence-corrected chi connectivity index (χ0v) is 8.18. The van der Waals surface area contributed by atoms with Crippen LogP contribution in [0.25, 0.3) is 0 Å². The van der Waals surface area contributed by atoms with E-state index < -0.39 is 5.60 Å². The predicted molar refractivity (Wildman–Crippen MR) is 49.1 cm³/mol. The van der Waals surface area contributed by atoms with Gasteiger partial charge in [-0.15, -0.1) is 0 Å². The first kappa shape index (κ1) is 10.0. The van der Waals surface area contributed by atoms with Crippen molar-refractivity contribution in [3.05, 3.63) is 0 Å². The van der Waals surface area contributed by atoms with E-state index in [1.807, 2.05) is 6.92 Å². The molecule has 0 saturated heterocycles. The van der Waals surface area contributed by atoms with E-state index in [0.717, 1.165) is 19.4 Å². The first-order chi connectivity index (χ1) is 5.73. The monoisotopic (exact) mass is 172 g/mol. The third-order valence-electron chi connectivity index (χ3n) is 2.65. The van der Waals surface area contributed by atoms with E-state index in [-0.39, 0.29) is 0 Å². The molecule has 0 aromatic rings. The first-order valence-corrected chi connectivity index (χ1v) is 5.03. The minimum Gasteiger partial charge on any atom is -0.387 e. The van der Waals surface area contributed by atoms with E-state index in [0.29, 0.717) is 12.5 Å². The summed E-state index contributed by atoms with van der Waals surface area (Å²) in [5.41, 5.74) is -0.519. The molecular formula is C10H20O2. The summed E-state index contributed by atoms with van der Waals surface area (Å²) in [4.78, 5) is 0. The van der Waals surface area contributed by atoms with E-state index in [2.05, 4.69) is 6.92 Å². The van der Waals surface area contributed by atoms with Crippen LogP contribution in [0.15, 0.2) is 0 Å². The average Bonchev–Trinajstić information content (AvgIpc) is 2.87. The van der Waals surface area contributed by atoms with Crippen LogP contribution < -0.4 is 0 Å². The smallest absolute Gasteiger partial charge is 0.0905 e. The number of rotatable bonds is 6. The van der Waals surface area contributed by atoms with Gasteiger partial charge in [0.15, 0.2) is 0 Å². The third kappa shape index (κ3) is 2.46. The van der Waals surface area contributed by atoms with E-state index in [4.69, 9.17) is 4.74 Å². The van der Waals surface area contributed by atoms with Crippen molar-refractivity contribution in [1.29, 1.82) is 0 Å². The van der Waals surface area contributed by atoms with Crippen molar-refractivity contribution >= 4 is 0 Å². The highest BCUT2D eigenvalue weighted by molar-refractivity contribution is 4.93. The largest absolute Gasteiger partial charge is 0.387 e. The van der Waals surface area contributed by atoms with Crippen molar-refractivity contribution in [3.8, 4) is 0 Å². The maximum Gasteiger partial charge on any atom is 0.0905 e. The maximum absolute atomic E-state index is 10.1. The summed E-state index contributed by atoms with van der Waals surface area (Å²) in [5.74, 6) is 0.513. The molecule has 1 aliphatic carbocycles. The van der Waals surface area contributed by atoms with Gasteiger partial charge in [0.05, 0.1) is 12.2 Å². The van der Waals surface area contributed by atoms with E-state index in [1.54, 1.807) is 0 Å². The van der Waals surface area contributed by atoms with Gasteiger partial charge in [0.25, 0.3) is 0 Å². The van der Waals surface area contributed by atoms with Crippen molar-refractivity contribution in [2.75, 3.05) is 13.2 Å². The maximum atomic E-state index is 10.1. The summed E-state index contributed by atoms with van der Waals surface area (Å²) in [6.07, 6.45) is 4.21. The van der Waals surface area contributed by atoms with Crippen molar-refractivity contribution < 1.29 is 9.84 Å². The van der Waals surface area contributed by atoms with Crippen LogP contribution in [0.2, 0.25) is 0 Å². The van der Waals surface area contributed by atoms with Gasteiger partial charge in [-0.25, -0.2) is 0 Å². The lowest BCUT2D eigenvalue weighted by molar-refractivity contribution is -0.0636. The van der Waals surface area contributed by atoms with Gasteiger partial charge in [-0.05, 0) is 31.6 Å². The SMILES string of the molecule is CCCOCC(O)(CC)C1CC1. The van der Waals surface area contributed by atoms with Crippen LogP contribution in [0.3, 0.4) is 0 Å². The lowest BCUT2D eigenvalue weighted by atomic mass is 9.96. The number of hydrogen-bond donors (Lipinski definition) is 1. The van der Waals surface area contributed by atoms with Crippen LogP contribution in [0, 0.1) is 5.92 Å². The summed E-state index contributed by atoms with van der Waals surface area (Å²) in [7, 11) is 0. The Balaban J connectivity index is 2.23. The zero-order valence-electron chi connectivity index (χ0n) is 8.18. The van der Waals surface area contributed by atoms with Gasteiger partial charge in [0.1, 0.15) is 0 Å². The van der Waals surface area contributed by atoms with Crippen LogP contribution in [0.1, 0.15) is 39.5 Å². The minimum absolute atomic E-state index is 0.513. The molecule has 1 atom stereocenters. The van der Waals surface area contributed by atoms with E-state index in [1.165, 1.54) is 12.8 Å². The van der Waals surface area contributed by atoms with Crippen LogP contribution in [-0.4, -0.2) is 23.9 Å². The van der Waals surface area contributed by atoms with Crippen LogP contribution in [0.4, 0.5) is 0 Å². The molecule has 0 bridgehead atoms. The fourth-order valence-electron chi connectivity index (χ4n) is 1.52. The Morgan fingerprint density at radius 3 is 2.50 bits per heavy atom. The molecule has 72 valence electrons. The highest BCUT2D eigenvalue weighted by Gasteiger charge is 2.42. The Labute approximate surface area is 74.9 Å². The lowest BCUT2D eigenvalue weighted by Gasteiger charge is -2.26. The number of hydrogen-bond acceptors (Lipinski definition) is 2. The van der Waals surface area contributed by atoms with Gasteiger partial charge in [0.2, 0.25) is 0 Å². The molecule has 2 heteroatoms. The number of ether oxygens (including phenoxy) is 1. The predicted octanol–water partition coefficient (Wildman–Crippen LogP) is 1.96. The summed E-state index contributed by atoms with van der Waals surface area (Å²) in [6, 6.07) is 0. The summed E-state index contributed by atoms with van der Waals surface area (Å²) in [6.45, 7) is 5.42. The molecule has 0 heterocycles. The molecule has 12 heavy (non-hydrogen) atoms. The molecule has 0 aromatic heterocycles. The fraction of sp³-hybridized carbons (Fsp3) is 1.00. The molecule has 1 aliphatic rings. The second kappa shape index (κ2) is 4.24. The summed E-state index contributed by atoms with van der Waals surface area (Å²) < 4.78 is 5.39. The van der Waals surface area contributed by atoms with Crippen molar-refractivity contribution in [2.45, 2.75) is 45.1 Å². The van der Waals surface area contributed by atoms with Gasteiger partial charge >= 0.3 is 0 Å². The van der Waals surface area contributed by atoms with E-state index >= 15 is 0 Å². The van der Waals surface area contributed by atoms with Gasteiger partial charge < -0.3 is 9.84 Å². The average molecular weight is 172 g/mol. The lowest BCUT2D eigenvalue weighted by Crippen LogP contribution is -2.36. The second-order valence-corrected chi connectivity index (χ2v) is 3.78. The molecular weight excluding hydrogens is 152 g/mol. The van der Waals surface area contributed by atoms with Crippen LogP contribution >= 0.6 is 0 Å². The normalized spacial score (nSPS) is 22.2. The highest BCUT2D eigenvalue weighted by Crippen LogP contribution is 2.41. The van der Waals surface area contributed by atoms with Gasteiger partial charge in [-0.2, -0.15) is 0 Å². The van der Waals surface area contributed by atoms with Gasteiger partial charge in [0, 0.05) is 6.61 Å². The van der Waals surface area contributed by atoms with E-state index in [9.17, 15) is 5.11 Å². The summed E-state index contributed by atoms with van der Waals surface area (Å²) >= 11 is 0. The first-order valence-electron chi connectivity index (χ1n) is 5.03. The topological polar surface area (TPSA) is 29.5 Å². The van der Waals surface area contributed by atoms with Crippen molar-refractivity contribution in [2.24, 2.45) is 5.92 Å². The third-order valence-corrected chi connectivity index (χ3v) is 2.65. The molecule has 2 nitrogen and oxygen atoms in total. The molecule has 1 rings (SSSR count). The molecule has 1 saturated carbocycles. The molecule has 0 aromatic carbocycles. The van der Waals surface area contributed by atoms with Crippen molar-refractivity contribution in [1.82, 2.24) is 0 Å². The quantitative estimate of drug-likeness (QED) is 0.621. The minimum atomic E-state index is -0.519. The zero-order chi connectivity index (χ0) is 9.03. The Bertz CT molecular complexity index is 132. The molecule has 1 unspecified atom stereocenters. The van der Waals surface area contributed by atoms with Crippen LogP contribution in [0.5, 0.6) is 0 Å². The molecule has 0 spiro atoms. The van der Waals surface area contributed by atoms with Crippen molar-refractivity contribution in [3.63, 3.8) is 0 Å². The second-order valence-electron chi connectivity index (χ2n) is 3.78. The Morgan fingerprint density at radius 1 is 1.42 bits per heavy atom. The standard InChI is InChI=1S/C10H20O2/c1-3-7-12-8-10(11,4-2)9-5-6-9/h9,11H,3-8H2,1-2H3. The number of aliphatic hydroxyl groups is 1. The fourth-order valence-corrected chi connectivity index (χ4v) is 1.52. The van der Waals surface area contributed by atoms with Crippen LogP contribution in [-0.2, 0) is 4.74 Å². The Hall–Kier alpha value is -0.0800. The van der Waals surface area contributed by atoms with Gasteiger partial charge in [-0.1, -0.05) is 13.8 Å². The molecule has 0 radical (unpaired) electrons. The molecule has 1 fully saturated rings. The molecule has 1 N–H and O–H groups in total. The summed E-state index contributed by atoms with van der Waals surface area (Å²) in [5, 5.41) is 10.1. The molecule has 0 aliphatic heterocycles. The Morgan fingerprint density at radius 2 is 2.08 bits per heavy atom. The van der Waals surface area contributed by atoms with Gasteiger partial charge in [-0.3, -0.25) is 0 Å². The Kier molecular flexibility index (Phi) is 3.53.